The highest BCUT2D eigenvalue weighted by Gasteiger charge is 2.30. The molecule has 0 spiro atoms. The van der Waals surface area contributed by atoms with Gasteiger partial charge in [-0.2, -0.15) is 0 Å². The van der Waals surface area contributed by atoms with E-state index in [4.69, 9.17) is 5.73 Å². The Labute approximate surface area is 138 Å². The van der Waals surface area contributed by atoms with Crippen LogP contribution in [0.4, 0.5) is 0 Å². The minimum Gasteiger partial charge on any atom is -0.334 e. The number of halogens is 1. The van der Waals surface area contributed by atoms with Crippen LogP contribution in [-0.4, -0.2) is 44.1 Å². The molecule has 2 unspecified atom stereocenters. The molecule has 2 N–H and O–H groups in total. The molecule has 1 aromatic rings. The van der Waals surface area contributed by atoms with E-state index >= 15 is 0 Å². The summed E-state index contributed by atoms with van der Waals surface area (Å²) in [6.45, 7) is 2.58. The van der Waals surface area contributed by atoms with Crippen LogP contribution in [0.15, 0.2) is 29.2 Å². The molecule has 7 heteroatoms. The molecule has 0 bridgehead atoms. The molecule has 1 amide bonds. The number of sulfone groups is 1. The topological polar surface area (TPSA) is 80.5 Å². The van der Waals surface area contributed by atoms with Crippen molar-refractivity contribution in [3.8, 4) is 0 Å². The highest BCUT2D eigenvalue weighted by Crippen LogP contribution is 2.22. The molecule has 1 saturated heterocycles. The van der Waals surface area contributed by atoms with Crippen molar-refractivity contribution in [1.29, 1.82) is 0 Å². The van der Waals surface area contributed by atoms with Crippen LogP contribution >= 0.6 is 12.4 Å². The van der Waals surface area contributed by atoms with E-state index in [9.17, 15) is 13.2 Å². The number of carbonyl (C=O) groups excluding carboxylic acids is 1. The second kappa shape index (κ2) is 7.44. The summed E-state index contributed by atoms with van der Waals surface area (Å²) in [5, 5.41) is 0. The largest absolute Gasteiger partial charge is 0.334 e. The number of nitrogens with two attached hydrogens (primary N) is 1. The zero-order valence-corrected chi connectivity index (χ0v) is 14.5. The molecule has 22 heavy (non-hydrogen) atoms. The second-order valence-corrected chi connectivity index (χ2v) is 7.74. The molecule has 1 aromatic carbocycles. The van der Waals surface area contributed by atoms with Crippen molar-refractivity contribution >= 4 is 28.2 Å². The number of benzene rings is 1. The first-order valence-corrected chi connectivity index (χ1v) is 9.06. The Hall–Kier alpha value is -1.11. The monoisotopic (exact) mass is 346 g/mol. The molecule has 1 heterocycles. The number of amides is 1. The lowest BCUT2D eigenvalue weighted by Crippen LogP contribution is -2.51. The van der Waals surface area contributed by atoms with Crippen LogP contribution < -0.4 is 5.73 Å². The van der Waals surface area contributed by atoms with E-state index in [2.05, 4.69) is 0 Å². The van der Waals surface area contributed by atoms with Crippen molar-refractivity contribution in [2.75, 3.05) is 12.8 Å². The highest BCUT2D eigenvalue weighted by atomic mass is 35.5. The van der Waals surface area contributed by atoms with Crippen LogP contribution in [0.5, 0.6) is 0 Å². The molecule has 124 valence electrons. The van der Waals surface area contributed by atoms with Crippen LogP contribution in [0.25, 0.3) is 0 Å². The van der Waals surface area contributed by atoms with Crippen molar-refractivity contribution in [3.63, 3.8) is 0 Å². The summed E-state index contributed by atoms with van der Waals surface area (Å²) in [6, 6.07) is 6.15. The second-order valence-electron chi connectivity index (χ2n) is 5.72. The summed E-state index contributed by atoms with van der Waals surface area (Å²) in [6.07, 6.45) is 4.07. The van der Waals surface area contributed by atoms with E-state index in [0.717, 1.165) is 25.5 Å². The van der Waals surface area contributed by atoms with Gasteiger partial charge in [0, 0.05) is 30.4 Å². The Morgan fingerprint density at radius 3 is 2.64 bits per heavy atom. The van der Waals surface area contributed by atoms with Crippen molar-refractivity contribution in [3.05, 3.63) is 29.8 Å². The zero-order chi connectivity index (χ0) is 15.6. The Balaban J connectivity index is 0.00000242. The van der Waals surface area contributed by atoms with Gasteiger partial charge in [0.25, 0.3) is 5.91 Å². The molecule has 2 rings (SSSR count). The normalized spacial score (nSPS) is 20.1. The maximum atomic E-state index is 12.7. The fraction of sp³-hybridized carbons (Fsp3) is 0.533. The van der Waals surface area contributed by atoms with E-state index in [0.29, 0.717) is 12.1 Å². The summed E-state index contributed by atoms with van der Waals surface area (Å²) in [5.74, 6) is -0.137. The predicted octanol–water partition coefficient (Wildman–Crippen LogP) is 1.85. The first kappa shape index (κ1) is 18.9. The summed E-state index contributed by atoms with van der Waals surface area (Å²) < 4.78 is 23.2. The maximum Gasteiger partial charge on any atom is 0.254 e. The Bertz CT molecular complexity index is 631. The summed E-state index contributed by atoms with van der Waals surface area (Å²) in [7, 11) is -3.31. The van der Waals surface area contributed by atoms with Crippen LogP contribution in [-0.2, 0) is 9.84 Å². The first-order valence-electron chi connectivity index (χ1n) is 7.17. The van der Waals surface area contributed by atoms with Gasteiger partial charge in [0.1, 0.15) is 0 Å². The summed E-state index contributed by atoms with van der Waals surface area (Å²) >= 11 is 0. The van der Waals surface area contributed by atoms with Crippen LogP contribution in [0.3, 0.4) is 0 Å². The third kappa shape index (κ3) is 4.21. The molecule has 1 fully saturated rings. The maximum absolute atomic E-state index is 12.7. The third-order valence-electron chi connectivity index (χ3n) is 3.93. The number of nitrogens with zero attached hydrogens (tertiary/aromatic N) is 1. The molecule has 5 nitrogen and oxygen atoms in total. The van der Waals surface area contributed by atoms with E-state index in [1.165, 1.54) is 12.1 Å². The van der Waals surface area contributed by atoms with Crippen molar-refractivity contribution < 1.29 is 13.2 Å². The lowest BCUT2D eigenvalue weighted by atomic mass is 9.96. The quantitative estimate of drug-likeness (QED) is 0.905. The van der Waals surface area contributed by atoms with Crippen molar-refractivity contribution in [1.82, 2.24) is 4.90 Å². The molecule has 0 aliphatic carbocycles. The van der Waals surface area contributed by atoms with Gasteiger partial charge in [-0.1, -0.05) is 6.07 Å². The fourth-order valence-corrected chi connectivity index (χ4v) is 3.45. The van der Waals surface area contributed by atoms with E-state index < -0.39 is 9.84 Å². The number of hydrogen-bond donors (Lipinski definition) is 1. The standard InChI is InChI=1S/C15H22N2O3S.ClH/c1-11(16)14-8-3-4-9-17(14)15(18)12-6-5-7-13(10-12)21(2,19)20;/h5-7,10-11,14H,3-4,8-9,16H2,1-2H3;1H. The number of rotatable bonds is 3. The van der Waals surface area contributed by atoms with E-state index in [1.807, 2.05) is 6.92 Å². The molecular formula is C15H23ClN2O3S. The molecule has 1 aliphatic heterocycles. The highest BCUT2D eigenvalue weighted by molar-refractivity contribution is 7.90. The van der Waals surface area contributed by atoms with Gasteiger partial charge in [0.15, 0.2) is 9.84 Å². The lowest BCUT2D eigenvalue weighted by molar-refractivity contribution is 0.0583. The van der Waals surface area contributed by atoms with Gasteiger partial charge in [0.2, 0.25) is 0 Å². The van der Waals surface area contributed by atoms with E-state index in [1.54, 1.807) is 17.0 Å². The van der Waals surface area contributed by atoms with Gasteiger partial charge in [0.05, 0.1) is 4.90 Å². The number of likely N-dealkylation sites (tertiary alicyclic amines) is 1. The average Bonchev–Trinajstić information content (AvgIpc) is 2.45. The van der Waals surface area contributed by atoms with Gasteiger partial charge < -0.3 is 10.6 Å². The SMILES string of the molecule is CC(N)C1CCCCN1C(=O)c1cccc(S(C)(=O)=O)c1.Cl. The van der Waals surface area contributed by atoms with E-state index in [-0.39, 0.29) is 35.3 Å². The molecule has 2 atom stereocenters. The van der Waals surface area contributed by atoms with Gasteiger partial charge in [-0.25, -0.2) is 8.42 Å². The molecule has 1 aliphatic rings. The number of piperidine rings is 1. The van der Waals surface area contributed by atoms with Gasteiger partial charge in [-0.05, 0) is 44.4 Å². The third-order valence-corrected chi connectivity index (χ3v) is 5.04. The Kier molecular flexibility index (Phi) is 6.40. The molecule has 0 aromatic heterocycles. The molecule has 0 saturated carbocycles. The average molecular weight is 347 g/mol. The van der Waals surface area contributed by atoms with Crippen LogP contribution in [0.2, 0.25) is 0 Å². The number of hydrogen-bond acceptors (Lipinski definition) is 4. The van der Waals surface area contributed by atoms with Crippen LogP contribution in [0, 0.1) is 0 Å². The van der Waals surface area contributed by atoms with Gasteiger partial charge in [-0.15, -0.1) is 12.4 Å². The number of carbonyl (C=O) groups is 1. The molecule has 0 radical (unpaired) electrons. The van der Waals surface area contributed by atoms with Crippen molar-refractivity contribution in [2.45, 2.75) is 43.2 Å². The lowest BCUT2D eigenvalue weighted by Gasteiger charge is -2.38. The Morgan fingerprint density at radius 1 is 1.36 bits per heavy atom. The molecular weight excluding hydrogens is 324 g/mol. The fourth-order valence-electron chi connectivity index (χ4n) is 2.78. The smallest absolute Gasteiger partial charge is 0.254 e. The van der Waals surface area contributed by atoms with Crippen molar-refractivity contribution in [2.24, 2.45) is 5.73 Å². The predicted molar refractivity (Wildman–Crippen MR) is 89.1 cm³/mol. The Morgan fingerprint density at radius 2 is 2.05 bits per heavy atom. The summed E-state index contributed by atoms with van der Waals surface area (Å²) in [4.78, 5) is 14.6. The zero-order valence-electron chi connectivity index (χ0n) is 12.9. The van der Waals surface area contributed by atoms with Gasteiger partial charge >= 0.3 is 0 Å². The minimum atomic E-state index is -3.31. The van der Waals surface area contributed by atoms with Crippen LogP contribution in [0.1, 0.15) is 36.5 Å². The van der Waals surface area contributed by atoms with Gasteiger partial charge in [-0.3, -0.25) is 4.79 Å². The first-order chi connectivity index (χ1) is 9.80. The summed E-state index contributed by atoms with van der Waals surface area (Å²) in [5.41, 5.74) is 6.39. The minimum absolute atomic E-state index is 0.